The monoisotopic (exact) mass is 614 g/mol. The molecule has 0 aromatic heterocycles. The molecule has 0 bridgehead atoms. The Morgan fingerprint density at radius 1 is 0.911 bits per heavy atom. The van der Waals surface area contributed by atoms with E-state index in [1.807, 2.05) is 40.7 Å². The minimum atomic E-state index is -2.95. The van der Waals surface area contributed by atoms with E-state index in [9.17, 15) is 39.9 Å². The molecule has 5 atom stereocenters. The van der Waals surface area contributed by atoms with E-state index in [2.05, 4.69) is 0 Å². The summed E-state index contributed by atoms with van der Waals surface area (Å²) in [7, 11) is 0. The number of benzene rings is 2. The number of allylic oxidation sites excluding steroid dienone is 1. The molecule has 0 spiro atoms. The van der Waals surface area contributed by atoms with Crippen molar-refractivity contribution in [1.29, 1.82) is 0 Å². The summed E-state index contributed by atoms with van der Waals surface area (Å²) in [4.78, 5) is 41.5. The molecule has 1 unspecified atom stereocenters. The number of aliphatic hydroxyl groups excluding tert-OH is 3. The van der Waals surface area contributed by atoms with Crippen molar-refractivity contribution in [3.63, 3.8) is 0 Å². The van der Waals surface area contributed by atoms with Crippen LogP contribution in [-0.2, 0) is 14.4 Å². The second-order valence-corrected chi connectivity index (χ2v) is 13.8. The van der Waals surface area contributed by atoms with Crippen LogP contribution in [0.2, 0.25) is 0 Å². The van der Waals surface area contributed by atoms with E-state index in [-0.39, 0.29) is 11.3 Å². The van der Waals surface area contributed by atoms with Gasteiger partial charge in [-0.3, -0.25) is 14.4 Å². The predicted octanol–water partition coefficient (Wildman–Crippen LogP) is 5.70. The third-order valence-electron chi connectivity index (χ3n) is 11.5. The van der Waals surface area contributed by atoms with Gasteiger partial charge in [0.25, 0.3) is 0 Å². The molecule has 2 aromatic carbocycles. The zero-order valence-corrected chi connectivity index (χ0v) is 27.5. The number of aliphatic hydroxyl groups is 4. The number of phenols is 1. The quantitative estimate of drug-likeness (QED) is 0.276. The van der Waals surface area contributed by atoms with Crippen LogP contribution in [0.5, 0.6) is 5.75 Å². The second kappa shape index (κ2) is 9.99. The molecule has 3 aliphatic rings. The summed E-state index contributed by atoms with van der Waals surface area (Å²) in [5, 5.41) is 59.4. The summed E-state index contributed by atoms with van der Waals surface area (Å²) in [5.74, 6) is -6.76. The Balaban J connectivity index is 2.00. The second-order valence-electron chi connectivity index (χ2n) is 13.8. The molecule has 0 saturated heterocycles. The molecule has 5 N–H and O–H groups in total. The number of ketones is 3. The van der Waals surface area contributed by atoms with Crippen molar-refractivity contribution in [2.24, 2.45) is 22.7 Å². The first-order valence-corrected chi connectivity index (χ1v) is 15.2. The summed E-state index contributed by atoms with van der Waals surface area (Å²) >= 11 is 0. The summed E-state index contributed by atoms with van der Waals surface area (Å²) in [6.45, 7) is 17.4. The SMILES string of the molecule is CC(=O)C1=C(O)[C@]2(O)C(=O)C3=C(O)c4c(O)cccc4/C(=C\c4c(C)c(C)c(C)c(C)c4C)[C@]3(C)[C@@H](O)[C@]2(C)C(C(C)C)C1=O. The summed E-state index contributed by atoms with van der Waals surface area (Å²) in [6.07, 6.45) is 0.0944. The summed E-state index contributed by atoms with van der Waals surface area (Å²) in [5.41, 5.74) is -1.19. The number of aromatic hydroxyl groups is 1. The minimum Gasteiger partial charge on any atom is -0.508 e. The largest absolute Gasteiger partial charge is 0.508 e. The van der Waals surface area contributed by atoms with Gasteiger partial charge in [-0.25, -0.2) is 0 Å². The molecule has 8 heteroatoms. The van der Waals surface area contributed by atoms with Crippen LogP contribution in [0.15, 0.2) is 35.1 Å². The van der Waals surface area contributed by atoms with Gasteiger partial charge in [0.1, 0.15) is 22.8 Å². The van der Waals surface area contributed by atoms with Crippen molar-refractivity contribution in [2.45, 2.75) is 80.9 Å². The Bertz CT molecular complexity index is 1810. The molecule has 5 rings (SSSR count). The Morgan fingerprint density at radius 2 is 1.44 bits per heavy atom. The number of hydrogen-bond donors (Lipinski definition) is 5. The standard InChI is InChI=1S/C37H42O8/c1-15(2)28-30(40)26(21(8)38)32(42)37(45)33(43)29-31(41)27-22(12-11-13-25(27)39)24(35(29,9)34(44)36(28,37)10)14-23-19(6)17(4)16(3)18(5)20(23)7/h11-15,28,34,39,41-42,44-45H,1-10H3/b24-14+/t28?,34-,35+,36+,37+/m1/s1. The lowest BCUT2D eigenvalue weighted by Crippen LogP contribution is -2.75. The topological polar surface area (TPSA) is 152 Å². The van der Waals surface area contributed by atoms with Gasteiger partial charge in [0.15, 0.2) is 17.2 Å². The molecule has 0 radical (unpaired) electrons. The van der Waals surface area contributed by atoms with Gasteiger partial charge < -0.3 is 25.5 Å². The Labute approximate surface area is 263 Å². The molecule has 3 aliphatic carbocycles. The van der Waals surface area contributed by atoms with Crippen molar-refractivity contribution >= 4 is 34.8 Å². The van der Waals surface area contributed by atoms with Crippen molar-refractivity contribution in [1.82, 2.24) is 0 Å². The number of fused-ring (bicyclic) bond motifs is 3. The molecule has 238 valence electrons. The first-order chi connectivity index (χ1) is 20.7. The minimum absolute atomic E-state index is 0.0672. The van der Waals surface area contributed by atoms with E-state index in [0.29, 0.717) is 11.1 Å². The molecule has 0 aliphatic heterocycles. The Kier molecular flexibility index (Phi) is 7.19. The van der Waals surface area contributed by atoms with E-state index < -0.39 is 74.4 Å². The summed E-state index contributed by atoms with van der Waals surface area (Å²) in [6, 6.07) is 4.63. The van der Waals surface area contributed by atoms with Gasteiger partial charge in [-0.1, -0.05) is 32.9 Å². The average Bonchev–Trinajstić information content (AvgIpc) is 2.95. The number of carbonyl (C=O) groups is 3. The van der Waals surface area contributed by atoms with Crippen molar-refractivity contribution in [3.05, 3.63) is 79.6 Å². The average molecular weight is 615 g/mol. The van der Waals surface area contributed by atoms with Crippen LogP contribution < -0.4 is 0 Å². The Hall–Kier alpha value is -4.01. The molecule has 0 heterocycles. The molecule has 0 amide bonds. The highest BCUT2D eigenvalue weighted by molar-refractivity contribution is 6.25. The van der Waals surface area contributed by atoms with E-state index in [0.717, 1.165) is 40.3 Å². The van der Waals surface area contributed by atoms with Crippen LogP contribution in [0.25, 0.3) is 17.4 Å². The number of Topliss-reactive ketones (excluding diaryl/α,β-unsaturated/α-hetero) is 3. The zero-order chi connectivity index (χ0) is 33.9. The van der Waals surface area contributed by atoms with Gasteiger partial charge in [-0.15, -0.1) is 0 Å². The van der Waals surface area contributed by atoms with Gasteiger partial charge in [0.2, 0.25) is 5.78 Å². The lowest BCUT2D eigenvalue weighted by Gasteiger charge is -2.62. The molecular weight excluding hydrogens is 572 g/mol. The molecule has 1 fully saturated rings. The fraction of sp³-hybridized carbons (Fsp3) is 0.432. The third-order valence-corrected chi connectivity index (χ3v) is 11.5. The van der Waals surface area contributed by atoms with Crippen molar-refractivity contribution < 1.29 is 39.9 Å². The highest BCUT2D eigenvalue weighted by Crippen LogP contribution is 2.67. The maximum atomic E-state index is 14.8. The number of rotatable bonds is 3. The van der Waals surface area contributed by atoms with Gasteiger partial charge in [-0.05, 0) is 111 Å². The highest BCUT2D eigenvalue weighted by atomic mass is 16.4. The van der Waals surface area contributed by atoms with Gasteiger partial charge in [-0.2, -0.15) is 0 Å². The molecule has 1 saturated carbocycles. The fourth-order valence-corrected chi connectivity index (χ4v) is 8.59. The normalized spacial score (nSPS) is 30.6. The lowest BCUT2D eigenvalue weighted by molar-refractivity contribution is -0.207. The van der Waals surface area contributed by atoms with Gasteiger partial charge in [0.05, 0.1) is 22.7 Å². The fourth-order valence-electron chi connectivity index (χ4n) is 8.59. The molecular formula is C37H42O8. The van der Waals surface area contributed by atoms with Crippen LogP contribution in [0.1, 0.15) is 79.1 Å². The zero-order valence-electron chi connectivity index (χ0n) is 27.5. The van der Waals surface area contributed by atoms with E-state index in [1.54, 1.807) is 32.9 Å². The summed E-state index contributed by atoms with van der Waals surface area (Å²) < 4.78 is 0. The Morgan fingerprint density at radius 3 is 1.96 bits per heavy atom. The van der Waals surface area contributed by atoms with E-state index in [1.165, 1.54) is 13.0 Å². The maximum Gasteiger partial charge on any atom is 0.203 e. The van der Waals surface area contributed by atoms with Crippen LogP contribution in [0, 0.1) is 57.3 Å². The predicted molar refractivity (Wildman–Crippen MR) is 172 cm³/mol. The van der Waals surface area contributed by atoms with E-state index in [4.69, 9.17) is 0 Å². The smallest absolute Gasteiger partial charge is 0.203 e. The van der Waals surface area contributed by atoms with Crippen LogP contribution >= 0.6 is 0 Å². The number of phenolic OH excluding ortho intramolecular Hbond substituents is 1. The van der Waals surface area contributed by atoms with Gasteiger partial charge >= 0.3 is 0 Å². The highest BCUT2D eigenvalue weighted by Gasteiger charge is 2.76. The molecule has 2 aromatic rings. The molecule has 45 heavy (non-hydrogen) atoms. The van der Waals surface area contributed by atoms with Crippen molar-refractivity contribution in [2.75, 3.05) is 0 Å². The van der Waals surface area contributed by atoms with E-state index >= 15 is 0 Å². The third kappa shape index (κ3) is 3.69. The van der Waals surface area contributed by atoms with Crippen molar-refractivity contribution in [3.8, 4) is 5.75 Å². The number of carbonyl (C=O) groups excluding carboxylic acids is 3. The molecule has 8 nitrogen and oxygen atoms in total. The lowest BCUT2D eigenvalue weighted by atomic mass is 9.41. The number of hydrogen-bond acceptors (Lipinski definition) is 8. The van der Waals surface area contributed by atoms with Crippen LogP contribution in [0.3, 0.4) is 0 Å². The van der Waals surface area contributed by atoms with Gasteiger partial charge in [0, 0.05) is 11.3 Å². The maximum absolute atomic E-state index is 14.8. The first kappa shape index (κ1) is 32.4. The van der Waals surface area contributed by atoms with Crippen LogP contribution in [-0.4, -0.2) is 54.6 Å². The first-order valence-electron chi connectivity index (χ1n) is 15.2. The van der Waals surface area contributed by atoms with Crippen LogP contribution in [0.4, 0.5) is 0 Å².